The summed E-state index contributed by atoms with van der Waals surface area (Å²) < 4.78 is 4.85. The van der Waals surface area contributed by atoms with Gasteiger partial charge in [-0.2, -0.15) is 5.26 Å². The number of esters is 1. The van der Waals surface area contributed by atoms with Crippen LogP contribution in [0.4, 0.5) is 0 Å². The zero-order valence-electron chi connectivity index (χ0n) is 11.2. The predicted molar refractivity (Wildman–Crippen MR) is 66.6 cm³/mol. The van der Waals surface area contributed by atoms with E-state index in [1.165, 1.54) is 0 Å². The van der Waals surface area contributed by atoms with Crippen molar-refractivity contribution in [1.29, 1.82) is 5.26 Å². The van der Waals surface area contributed by atoms with Crippen LogP contribution in [0.3, 0.4) is 0 Å². The fraction of sp³-hybridized carbons (Fsp3) is 0.750. The number of hydrogen-bond donors (Lipinski definition) is 1. The summed E-state index contributed by atoms with van der Waals surface area (Å²) in [6, 6.07) is 2.01. The molecule has 0 saturated carbocycles. The van der Waals surface area contributed by atoms with Crippen molar-refractivity contribution in [3.05, 3.63) is 0 Å². The fourth-order valence-electron chi connectivity index (χ4n) is 1.29. The first-order valence-electron chi connectivity index (χ1n) is 6.04. The number of carbonyl (C=O) groups excluding carboxylic acids is 2. The molecule has 0 unspecified atom stereocenters. The Balaban J connectivity index is 4.15. The Labute approximate surface area is 108 Å². The average Bonchev–Trinajstić information content (AvgIpc) is 2.28. The lowest BCUT2D eigenvalue weighted by Gasteiger charge is -2.24. The summed E-state index contributed by atoms with van der Waals surface area (Å²) in [4.78, 5) is 24.6. The molecule has 18 heavy (non-hydrogen) atoms. The van der Waals surface area contributed by atoms with Crippen molar-refractivity contribution >= 4 is 11.9 Å². The van der Waals surface area contributed by atoms with E-state index in [2.05, 4.69) is 5.32 Å². The highest BCUT2D eigenvalue weighted by molar-refractivity contribution is 5.79. The summed E-state index contributed by atoms with van der Waals surface area (Å²) in [6.45, 7) is 6.44. The predicted octanol–water partition coefficient (Wildman–Crippen LogP) is 0.290. The molecular weight excluding hydrogens is 234 g/mol. The van der Waals surface area contributed by atoms with Gasteiger partial charge in [-0.15, -0.1) is 0 Å². The van der Waals surface area contributed by atoms with E-state index in [4.69, 9.17) is 10.00 Å². The number of rotatable bonds is 8. The van der Waals surface area contributed by atoms with Gasteiger partial charge in [0.15, 0.2) is 0 Å². The van der Waals surface area contributed by atoms with Crippen LogP contribution in [0.5, 0.6) is 0 Å². The van der Waals surface area contributed by atoms with E-state index in [0.29, 0.717) is 13.2 Å². The summed E-state index contributed by atoms with van der Waals surface area (Å²) in [6.07, 6.45) is 0.283. The van der Waals surface area contributed by atoms with Crippen LogP contribution in [0.2, 0.25) is 0 Å². The summed E-state index contributed by atoms with van der Waals surface area (Å²) in [5, 5.41) is 11.0. The Morgan fingerprint density at radius 1 is 1.39 bits per heavy atom. The van der Waals surface area contributed by atoms with E-state index in [1.54, 1.807) is 11.8 Å². The highest BCUT2D eigenvalue weighted by Gasteiger charge is 2.17. The normalized spacial score (nSPS) is 10.2. The second-order valence-electron chi connectivity index (χ2n) is 4.06. The van der Waals surface area contributed by atoms with Gasteiger partial charge in [0.1, 0.15) is 0 Å². The number of ether oxygens (including phenoxy) is 1. The minimum atomic E-state index is -0.337. The van der Waals surface area contributed by atoms with Crippen molar-refractivity contribution in [1.82, 2.24) is 10.2 Å². The quantitative estimate of drug-likeness (QED) is 0.498. The standard InChI is InChI=1S/C12H21N3O3/c1-4-18-12(17)9-15(10(2)3)8-11(16)14-7-5-6-13/h10H,4-5,7-9H2,1-3H3,(H,14,16). The Bertz CT molecular complexity index is 310. The molecule has 0 aliphatic carbocycles. The van der Waals surface area contributed by atoms with Gasteiger partial charge in [0.05, 0.1) is 32.2 Å². The second kappa shape index (κ2) is 9.42. The number of nitrogens with zero attached hydrogens (tertiary/aromatic N) is 2. The molecule has 0 heterocycles. The number of carbonyl (C=O) groups is 2. The van der Waals surface area contributed by atoms with Gasteiger partial charge in [-0.05, 0) is 20.8 Å². The summed E-state index contributed by atoms with van der Waals surface area (Å²) >= 11 is 0. The van der Waals surface area contributed by atoms with Crippen molar-refractivity contribution in [3.8, 4) is 6.07 Å². The van der Waals surface area contributed by atoms with Crippen LogP contribution in [0, 0.1) is 11.3 Å². The third-order valence-corrected chi connectivity index (χ3v) is 2.27. The Hall–Kier alpha value is -1.61. The van der Waals surface area contributed by atoms with Crippen LogP contribution in [0.25, 0.3) is 0 Å². The zero-order valence-corrected chi connectivity index (χ0v) is 11.2. The molecule has 0 aliphatic heterocycles. The van der Waals surface area contributed by atoms with Crippen molar-refractivity contribution < 1.29 is 14.3 Å². The molecule has 6 nitrogen and oxygen atoms in total. The molecule has 0 radical (unpaired) electrons. The number of nitrogens with one attached hydrogen (secondary N) is 1. The minimum absolute atomic E-state index is 0.0659. The smallest absolute Gasteiger partial charge is 0.320 e. The van der Waals surface area contributed by atoms with Gasteiger partial charge in [0.2, 0.25) is 5.91 Å². The summed E-state index contributed by atoms with van der Waals surface area (Å²) in [5.74, 6) is -0.528. The molecule has 1 amide bonds. The summed E-state index contributed by atoms with van der Waals surface area (Å²) in [5.41, 5.74) is 0. The van der Waals surface area contributed by atoms with Crippen LogP contribution in [-0.4, -0.2) is 49.1 Å². The first kappa shape index (κ1) is 16.4. The SMILES string of the molecule is CCOC(=O)CN(CC(=O)NCCC#N)C(C)C. The average molecular weight is 255 g/mol. The lowest BCUT2D eigenvalue weighted by molar-refractivity contribution is -0.145. The lowest BCUT2D eigenvalue weighted by Crippen LogP contribution is -2.43. The van der Waals surface area contributed by atoms with Crippen LogP contribution >= 0.6 is 0 Å². The molecule has 1 N–H and O–H groups in total. The molecule has 0 spiro atoms. The molecule has 0 aromatic rings. The van der Waals surface area contributed by atoms with Gasteiger partial charge in [0, 0.05) is 12.6 Å². The first-order chi connectivity index (χ1) is 8.51. The third-order valence-electron chi connectivity index (χ3n) is 2.27. The number of nitriles is 1. The van der Waals surface area contributed by atoms with E-state index in [9.17, 15) is 9.59 Å². The highest BCUT2D eigenvalue weighted by atomic mass is 16.5. The third kappa shape index (κ3) is 7.63. The molecule has 0 atom stereocenters. The van der Waals surface area contributed by atoms with Crippen molar-refractivity contribution in [2.45, 2.75) is 33.2 Å². The van der Waals surface area contributed by atoms with E-state index in [-0.39, 0.29) is 37.4 Å². The maximum atomic E-state index is 11.6. The van der Waals surface area contributed by atoms with Crippen molar-refractivity contribution in [3.63, 3.8) is 0 Å². The molecule has 0 aromatic heterocycles. The molecule has 102 valence electrons. The molecule has 0 bridgehead atoms. The van der Waals surface area contributed by atoms with Gasteiger partial charge in [-0.3, -0.25) is 14.5 Å². The van der Waals surface area contributed by atoms with Gasteiger partial charge < -0.3 is 10.1 Å². The molecule has 0 rings (SSSR count). The molecular formula is C12H21N3O3. The highest BCUT2D eigenvalue weighted by Crippen LogP contribution is 1.98. The fourth-order valence-corrected chi connectivity index (χ4v) is 1.29. The molecule has 0 aliphatic rings. The second-order valence-corrected chi connectivity index (χ2v) is 4.06. The monoisotopic (exact) mass is 255 g/mol. The van der Waals surface area contributed by atoms with Crippen LogP contribution in [0.1, 0.15) is 27.2 Å². The van der Waals surface area contributed by atoms with Gasteiger partial charge in [-0.1, -0.05) is 0 Å². The van der Waals surface area contributed by atoms with E-state index in [1.807, 2.05) is 19.9 Å². The van der Waals surface area contributed by atoms with Gasteiger partial charge >= 0.3 is 5.97 Å². The van der Waals surface area contributed by atoms with Crippen LogP contribution in [-0.2, 0) is 14.3 Å². The van der Waals surface area contributed by atoms with E-state index >= 15 is 0 Å². The van der Waals surface area contributed by atoms with E-state index in [0.717, 1.165) is 0 Å². The van der Waals surface area contributed by atoms with E-state index < -0.39 is 0 Å². The topological polar surface area (TPSA) is 82.4 Å². The van der Waals surface area contributed by atoms with Crippen LogP contribution in [0.15, 0.2) is 0 Å². The minimum Gasteiger partial charge on any atom is -0.465 e. The number of amides is 1. The maximum Gasteiger partial charge on any atom is 0.320 e. The largest absolute Gasteiger partial charge is 0.465 e. The molecule has 0 aromatic carbocycles. The lowest BCUT2D eigenvalue weighted by atomic mass is 10.3. The Morgan fingerprint density at radius 2 is 2.06 bits per heavy atom. The Morgan fingerprint density at radius 3 is 2.56 bits per heavy atom. The van der Waals surface area contributed by atoms with Gasteiger partial charge in [-0.25, -0.2) is 0 Å². The van der Waals surface area contributed by atoms with Crippen LogP contribution < -0.4 is 5.32 Å². The van der Waals surface area contributed by atoms with Crippen molar-refractivity contribution in [2.75, 3.05) is 26.2 Å². The molecule has 0 saturated heterocycles. The molecule has 6 heteroatoms. The zero-order chi connectivity index (χ0) is 14.0. The molecule has 0 fully saturated rings. The van der Waals surface area contributed by atoms with Crippen molar-refractivity contribution in [2.24, 2.45) is 0 Å². The summed E-state index contributed by atoms with van der Waals surface area (Å²) in [7, 11) is 0. The first-order valence-corrected chi connectivity index (χ1v) is 6.04. The van der Waals surface area contributed by atoms with Gasteiger partial charge in [0.25, 0.3) is 0 Å². The maximum absolute atomic E-state index is 11.6. The number of hydrogen-bond acceptors (Lipinski definition) is 5. The Kier molecular flexibility index (Phi) is 8.58.